The van der Waals surface area contributed by atoms with Gasteiger partial charge in [-0.2, -0.15) is 5.10 Å². The Kier molecular flexibility index (Phi) is 5.98. The van der Waals surface area contributed by atoms with Crippen molar-refractivity contribution in [2.45, 2.75) is 33.7 Å². The molecule has 0 saturated heterocycles. The molecule has 0 aliphatic heterocycles. The summed E-state index contributed by atoms with van der Waals surface area (Å²) in [5, 5.41) is 7.94. The number of amides is 1. The van der Waals surface area contributed by atoms with Crippen molar-refractivity contribution < 1.29 is 13.2 Å². The van der Waals surface area contributed by atoms with Crippen LogP contribution in [0.15, 0.2) is 42.6 Å². The molecule has 0 aliphatic carbocycles. The molecule has 0 aliphatic rings. The number of aromatic nitrogens is 3. The molecule has 8 nitrogen and oxygen atoms in total. The normalized spacial score (nSPS) is 11.8. The largest absolute Gasteiger partial charge is 0.320 e. The maximum atomic E-state index is 13.4. The topological polar surface area (TPSA) is 106 Å². The van der Waals surface area contributed by atoms with E-state index in [1.165, 1.54) is 0 Å². The van der Waals surface area contributed by atoms with Gasteiger partial charge in [0.2, 0.25) is 10.0 Å². The first-order valence-electron chi connectivity index (χ1n) is 10.4. The van der Waals surface area contributed by atoms with Crippen molar-refractivity contribution in [2.75, 3.05) is 16.3 Å². The number of pyridine rings is 1. The fraction of sp³-hybridized carbons (Fsp3) is 0.261. The van der Waals surface area contributed by atoms with Gasteiger partial charge in [0.1, 0.15) is 0 Å². The van der Waals surface area contributed by atoms with E-state index in [4.69, 9.17) is 4.98 Å². The maximum Gasteiger partial charge on any atom is 0.256 e. The number of hydrogen-bond donors (Lipinski definition) is 2. The van der Waals surface area contributed by atoms with Crippen molar-refractivity contribution in [3.05, 3.63) is 57.9 Å². The van der Waals surface area contributed by atoms with Crippen LogP contribution in [0, 0.1) is 13.8 Å². The van der Waals surface area contributed by atoms with Crippen LogP contribution in [0.25, 0.3) is 22.3 Å². The van der Waals surface area contributed by atoms with Crippen LogP contribution < -0.4 is 10.0 Å². The Labute approximate surface area is 196 Å². The Bertz CT molecular complexity index is 1470. The van der Waals surface area contributed by atoms with Gasteiger partial charge in [-0.25, -0.2) is 18.1 Å². The molecule has 172 valence electrons. The van der Waals surface area contributed by atoms with Gasteiger partial charge >= 0.3 is 0 Å². The van der Waals surface area contributed by atoms with Crippen LogP contribution in [0.2, 0.25) is 0 Å². The molecular weight excluding hydrogens is 458 g/mol. The zero-order valence-corrected chi connectivity index (χ0v) is 20.6. The molecule has 0 unspecified atom stereocenters. The molecule has 0 saturated carbocycles. The number of nitrogens with one attached hydrogen (secondary N) is 2. The number of sulfonamides is 1. The number of thiophene rings is 1. The van der Waals surface area contributed by atoms with Crippen LogP contribution in [0.1, 0.15) is 40.0 Å². The summed E-state index contributed by atoms with van der Waals surface area (Å²) >= 11 is 1.68. The summed E-state index contributed by atoms with van der Waals surface area (Å²) in [6.45, 7) is 8.09. The summed E-state index contributed by atoms with van der Waals surface area (Å²) in [6, 6.07) is 10.6. The van der Waals surface area contributed by atoms with Crippen molar-refractivity contribution in [1.82, 2.24) is 14.8 Å². The molecule has 3 heterocycles. The monoisotopic (exact) mass is 483 g/mol. The minimum atomic E-state index is -3.51. The highest BCUT2D eigenvalue weighted by Crippen LogP contribution is 2.33. The van der Waals surface area contributed by atoms with E-state index in [1.807, 2.05) is 27.7 Å². The highest BCUT2D eigenvalue weighted by Gasteiger charge is 2.21. The zero-order valence-electron chi connectivity index (χ0n) is 19.0. The molecule has 4 rings (SSSR count). The molecule has 4 aromatic rings. The number of nitrogens with zero attached hydrogens (tertiary/aromatic N) is 3. The van der Waals surface area contributed by atoms with E-state index in [0.29, 0.717) is 33.7 Å². The summed E-state index contributed by atoms with van der Waals surface area (Å²) in [4.78, 5) is 20.6. The smallest absolute Gasteiger partial charge is 0.256 e. The Balaban J connectivity index is 1.84. The second kappa shape index (κ2) is 8.60. The zero-order chi connectivity index (χ0) is 23.9. The van der Waals surface area contributed by atoms with E-state index in [9.17, 15) is 13.2 Å². The maximum absolute atomic E-state index is 13.4. The number of aryl methyl sites for hydroxylation is 2. The van der Waals surface area contributed by atoms with Crippen molar-refractivity contribution in [3.63, 3.8) is 0 Å². The second-order valence-corrected chi connectivity index (χ2v) is 11.4. The summed E-state index contributed by atoms with van der Waals surface area (Å²) in [7, 11) is -3.51. The number of carbonyl (C=O) groups is 1. The molecule has 3 aromatic heterocycles. The summed E-state index contributed by atoms with van der Waals surface area (Å²) in [5.74, 6) is -0.376. The van der Waals surface area contributed by atoms with E-state index in [2.05, 4.69) is 21.2 Å². The lowest BCUT2D eigenvalue weighted by atomic mass is 10.1. The lowest BCUT2D eigenvalue weighted by Crippen LogP contribution is -2.16. The lowest BCUT2D eigenvalue weighted by Gasteiger charge is -2.13. The number of benzene rings is 1. The van der Waals surface area contributed by atoms with Crippen LogP contribution in [-0.2, 0) is 10.0 Å². The first-order valence-corrected chi connectivity index (χ1v) is 13.1. The minimum Gasteiger partial charge on any atom is -0.320 e. The Morgan fingerprint density at radius 2 is 1.82 bits per heavy atom. The molecule has 2 N–H and O–H groups in total. The molecular formula is C23H25N5O3S2. The quantitative estimate of drug-likeness (QED) is 0.402. The van der Waals surface area contributed by atoms with Gasteiger partial charge in [0.25, 0.3) is 5.91 Å². The second-order valence-electron chi connectivity index (χ2n) is 8.18. The van der Waals surface area contributed by atoms with Crippen molar-refractivity contribution in [3.8, 4) is 11.3 Å². The first-order chi connectivity index (χ1) is 15.5. The molecule has 0 bridgehead atoms. The third-order valence-electron chi connectivity index (χ3n) is 5.09. The number of anilines is 2. The Morgan fingerprint density at radius 3 is 2.42 bits per heavy atom. The van der Waals surface area contributed by atoms with Gasteiger partial charge in [0.05, 0.1) is 40.5 Å². The molecule has 0 radical (unpaired) electrons. The SMILES string of the molecule is Cc1cc(-c2cc(C(=O)Nc3ccccc3NS(C)(=O)=O)c3cnn(C(C)C)c3n2)c(C)s1. The van der Waals surface area contributed by atoms with Gasteiger partial charge in [0.15, 0.2) is 5.65 Å². The average molecular weight is 484 g/mol. The summed E-state index contributed by atoms with van der Waals surface area (Å²) in [5.41, 5.74) is 3.36. The number of rotatable bonds is 6. The predicted molar refractivity (Wildman–Crippen MR) is 134 cm³/mol. The van der Waals surface area contributed by atoms with Crippen LogP contribution in [0.4, 0.5) is 11.4 Å². The lowest BCUT2D eigenvalue weighted by molar-refractivity contribution is 0.102. The molecule has 1 amide bonds. The molecule has 0 atom stereocenters. The van der Waals surface area contributed by atoms with E-state index in [-0.39, 0.29) is 11.9 Å². The van der Waals surface area contributed by atoms with E-state index in [1.54, 1.807) is 52.5 Å². The van der Waals surface area contributed by atoms with Gasteiger partial charge in [-0.1, -0.05) is 12.1 Å². The standard InChI is InChI=1S/C23H25N5O3S2/c1-13(2)28-22-18(12-24-28)17(11-21(25-22)16-10-14(3)32-15(16)4)23(29)26-19-8-6-7-9-20(19)27-33(5,30)31/h6-13,27H,1-5H3,(H,26,29). The molecule has 0 spiro atoms. The third-order valence-corrected chi connectivity index (χ3v) is 6.64. The summed E-state index contributed by atoms with van der Waals surface area (Å²) < 4.78 is 27.7. The van der Waals surface area contributed by atoms with Gasteiger partial charge in [-0.3, -0.25) is 9.52 Å². The molecule has 1 aromatic carbocycles. The average Bonchev–Trinajstić information content (AvgIpc) is 3.30. The first kappa shape index (κ1) is 22.9. The van der Waals surface area contributed by atoms with Crippen molar-refractivity contribution in [2.24, 2.45) is 0 Å². The molecule has 33 heavy (non-hydrogen) atoms. The fourth-order valence-electron chi connectivity index (χ4n) is 3.68. The number of para-hydroxylation sites is 2. The molecule has 10 heteroatoms. The third kappa shape index (κ3) is 4.76. The number of hydrogen-bond acceptors (Lipinski definition) is 6. The van der Waals surface area contributed by atoms with E-state index < -0.39 is 10.0 Å². The molecule has 0 fully saturated rings. The van der Waals surface area contributed by atoms with Gasteiger partial charge < -0.3 is 5.32 Å². The van der Waals surface area contributed by atoms with Gasteiger partial charge in [-0.05, 0) is 52.0 Å². The Morgan fingerprint density at radius 1 is 1.12 bits per heavy atom. The van der Waals surface area contributed by atoms with Crippen molar-refractivity contribution in [1.29, 1.82) is 0 Å². The van der Waals surface area contributed by atoms with E-state index >= 15 is 0 Å². The van der Waals surface area contributed by atoms with Crippen LogP contribution in [0.3, 0.4) is 0 Å². The van der Waals surface area contributed by atoms with Crippen molar-refractivity contribution >= 4 is 49.7 Å². The predicted octanol–water partition coefficient (Wildman–Crippen LogP) is 4.98. The Hall–Kier alpha value is -3.24. The highest BCUT2D eigenvalue weighted by atomic mass is 32.2. The van der Waals surface area contributed by atoms with Gasteiger partial charge in [0, 0.05) is 21.4 Å². The number of carbonyl (C=O) groups excluding carboxylic acids is 1. The highest BCUT2D eigenvalue weighted by molar-refractivity contribution is 7.92. The van der Waals surface area contributed by atoms with Crippen LogP contribution in [0.5, 0.6) is 0 Å². The minimum absolute atomic E-state index is 0.0613. The summed E-state index contributed by atoms with van der Waals surface area (Å²) in [6.07, 6.45) is 2.71. The van der Waals surface area contributed by atoms with Crippen LogP contribution in [-0.4, -0.2) is 35.3 Å². The number of fused-ring (bicyclic) bond motifs is 1. The van der Waals surface area contributed by atoms with E-state index in [0.717, 1.165) is 21.6 Å². The fourth-order valence-corrected chi connectivity index (χ4v) is 5.19. The van der Waals surface area contributed by atoms with Crippen LogP contribution >= 0.6 is 11.3 Å². The van der Waals surface area contributed by atoms with Gasteiger partial charge in [-0.15, -0.1) is 11.3 Å².